The molecular weight excluding hydrogens is 635 g/mol. The molecule has 1 saturated heterocycles. The number of piperidine rings is 1. The second-order valence-corrected chi connectivity index (χ2v) is 12.7. The first-order valence-electron chi connectivity index (χ1n) is 16.4. The number of nitrogens with one attached hydrogen (secondary N) is 2. The molecule has 1 aliphatic heterocycles. The molecule has 0 spiro atoms. The van der Waals surface area contributed by atoms with E-state index in [0.29, 0.717) is 74.8 Å². The van der Waals surface area contributed by atoms with Gasteiger partial charge in [-0.25, -0.2) is 0 Å². The average molecular weight is 682 g/mol. The largest absolute Gasteiger partial charge is 0.406 e. The van der Waals surface area contributed by atoms with Gasteiger partial charge in [0.2, 0.25) is 5.91 Å². The highest BCUT2D eigenvalue weighted by Gasteiger charge is 2.30. The molecule has 0 aliphatic carbocycles. The van der Waals surface area contributed by atoms with Crippen molar-refractivity contribution in [3.63, 3.8) is 0 Å². The van der Waals surface area contributed by atoms with Gasteiger partial charge in [0.1, 0.15) is 6.54 Å². The number of hydrogen-bond donors (Lipinski definition) is 2. The Kier molecular flexibility index (Phi) is 13.5. The molecular formula is C36H46F3N7O3. The normalized spacial score (nSPS) is 14.1. The standard InChI is InChI=1S/C36H46F3N7O3/c1-35(2,25-40)33-10-8-30(23-43-33)41-13-5-6-31-21-28-20-27(7-9-32(28)46(31)26-36(37,38)39)22-42-29-11-14-45(15-12-29)34(47)24-44(16-18-48-3)17-19-49-4/h7-10,20-21,23,29,41-42H,11-19,22,24,26H2,1-4H3. The van der Waals surface area contributed by atoms with Crippen LogP contribution in [0, 0.1) is 23.2 Å². The molecule has 1 fully saturated rings. The summed E-state index contributed by atoms with van der Waals surface area (Å²) in [5, 5.41) is 16.7. The van der Waals surface area contributed by atoms with Gasteiger partial charge in [-0.15, -0.1) is 0 Å². The van der Waals surface area contributed by atoms with E-state index in [1.807, 2.05) is 21.9 Å². The zero-order valence-electron chi connectivity index (χ0n) is 28.7. The van der Waals surface area contributed by atoms with E-state index >= 15 is 0 Å². The summed E-state index contributed by atoms with van der Waals surface area (Å²) >= 11 is 0. The number of methoxy groups -OCH3 is 2. The van der Waals surface area contributed by atoms with Crippen molar-refractivity contribution in [1.82, 2.24) is 24.7 Å². The summed E-state index contributed by atoms with van der Waals surface area (Å²) < 4.78 is 52.3. The molecule has 1 aliphatic rings. The number of rotatable bonds is 15. The number of benzene rings is 1. The van der Waals surface area contributed by atoms with Crippen LogP contribution < -0.4 is 10.6 Å². The first-order valence-corrected chi connectivity index (χ1v) is 16.4. The van der Waals surface area contributed by atoms with E-state index in [1.165, 1.54) is 4.57 Å². The Morgan fingerprint density at radius 1 is 1.08 bits per heavy atom. The minimum Gasteiger partial charge on any atom is -0.383 e. The maximum absolute atomic E-state index is 13.6. The number of ether oxygens (including phenoxy) is 2. The Balaban J connectivity index is 1.34. The molecule has 0 radical (unpaired) electrons. The topological polar surface area (TPSA) is 108 Å². The molecule has 3 aromatic rings. The van der Waals surface area contributed by atoms with Gasteiger partial charge in [0.25, 0.3) is 0 Å². The number of hydrogen-bond acceptors (Lipinski definition) is 8. The summed E-state index contributed by atoms with van der Waals surface area (Å²) in [5.41, 5.74) is 2.33. The minimum absolute atomic E-state index is 0.0981. The number of carbonyl (C=O) groups excluding carboxylic acids is 1. The number of anilines is 1. The Labute approximate surface area is 286 Å². The number of alkyl halides is 3. The number of amides is 1. The molecule has 1 aromatic carbocycles. The number of fused-ring (bicyclic) bond motifs is 1. The summed E-state index contributed by atoms with van der Waals surface area (Å²) in [6.45, 7) is 7.27. The van der Waals surface area contributed by atoms with Crippen molar-refractivity contribution in [2.24, 2.45) is 0 Å². The van der Waals surface area contributed by atoms with E-state index in [1.54, 1.807) is 58.5 Å². The third-order valence-corrected chi connectivity index (χ3v) is 8.61. The number of pyridine rings is 1. The van der Waals surface area contributed by atoms with Crippen molar-refractivity contribution in [2.45, 2.75) is 57.4 Å². The van der Waals surface area contributed by atoms with E-state index in [4.69, 9.17) is 9.47 Å². The van der Waals surface area contributed by atoms with Crippen LogP contribution in [-0.4, -0.2) is 104 Å². The third kappa shape index (κ3) is 11.2. The van der Waals surface area contributed by atoms with Crippen LogP contribution in [0.15, 0.2) is 42.6 Å². The molecule has 10 nitrogen and oxygen atoms in total. The molecule has 3 heterocycles. The summed E-state index contributed by atoms with van der Waals surface area (Å²) in [4.78, 5) is 21.2. The highest BCUT2D eigenvalue weighted by molar-refractivity contribution is 5.83. The molecule has 49 heavy (non-hydrogen) atoms. The predicted molar refractivity (Wildman–Crippen MR) is 183 cm³/mol. The number of halogens is 3. The zero-order chi connectivity index (χ0) is 35.4. The highest BCUT2D eigenvalue weighted by Crippen LogP contribution is 2.27. The van der Waals surface area contributed by atoms with Crippen LogP contribution in [0.3, 0.4) is 0 Å². The fourth-order valence-corrected chi connectivity index (χ4v) is 5.69. The lowest BCUT2D eigenvalue weighted by Gasteiger charge is -2.34. The predicted octanol–water partition coefficient (Wildman–Crippen LogP) is 4.54. The van der Waals surface area contributed by atoms with Gasteiger partial charge in [-0.05, 0) is 68.5 Å². The van der Waals surface area contributed by atoms with Crippen LogP contribution in [0.5, 0.6) is 0 Å². The Hall–Kier alpha value is -4.14. The number of nitriles is 1. The van der Waals surface area contributed by atoms with Crippen LogP contribution in [0.1, 0.15) is 43.6 Å². The average Bonchev–Trinajstić information content (AvgIpc) is 3.41. The van der Waals surface area contributed by atoms with Crippen LogP contribution in [0.4, 0.5) is 18.9 Å². The van der Waals surface area contributed by atoms with Crippen molar-refractivity contribution in [2.75, 3.05) is 72.0 Å². The van der Waals surface area contributed by atoms with Crippen LogP contribution >= 0.6 is 0 Å². The molecule has 2 aromatic heterocycles. The maximum Gasteiger partial charge on any atom is 0.406 e. The SMILES string of the molecule is COCCN(CCOC)CC(=O)N1CCC(NCc2ccc3c(c2)cc(C#CCNc2ccc(C(C)(C)C#N)nc2)n3CC(F)(F)F)CC1. The van der Waals surface area contributed by atoms with Gasteiger partial charge in [-0.3, -0.25) is 14.7 Å². The highest BCUT2D eigenvalue weighted by atomic mass is 19.4. The Morgan fingerprint density at radius 2 is 1.80 bits per heavy atom. The van der Waals surface area contributed by atoms with Crippen molar-refractivity contribution in [3.8, 4) is 17.9 Å². The molecule has 0 atom stereocenters. The van der Waals surface area contributed by atoms with Gasteiger partial charge < -0.3 is 29.6 Å². The number of nitrogens with zero attached hydrogens (tertiary/aromatic N) is 5. The van der Waals surface area contributed by atoms with Crippen molar-refractivity contribution in [3.05, 3.63) is 59.5 Å². The van der Waals surface area contributed by atoms with E-state index in [0.717, 1.165) is 18.4 Å². The quantitative estimate of drug-likeness (QED) is 0.226. The van der Waals surface area contributed by atoms with Crippen LogP contribution in [0.2, 0.25) is 0 Å². The summed E-state index contributed by atoms with van der Waals surface area (Å²) in [5.74, 6) is 5.94. The fourth-order valence-electron chi connectivity index (χ4n) is 5.69. The Bertz CT molecular complexity index is 1620. The number of likely N-dealkylation sites (tertiary alicyclic amines) is 1. The third-order valence-electron chi connectivity index (χ3n) is 8.61. The van der Waals surface area contributed by atoms with Gasteiger partial charge in [-0.2, -0.15) is 18.4 Å². The van der Waals surface area contributed by atoms with Gasteiger partial charge >= 0.3 is 6.18 Å². The molecule has 0 saturated carbocycles. The van der Waals surface area contributed by atoms with Gasteiger partial charge in [0.15, 0.2) is 0 Å². The molecule has 1 amide bonds. The van der Waals surface area contributed by atoms with Crippen LogP contribution in [-0.2, 0) is 32.8 Å². The zero-order valence-corrected chi connectivity index (χ0v) is 28.7. The van der Waals surface area contributed by atoms with Gasteiger partial charge in [0.05, 0.1) is 61.1 Å². The Morgan fingerprint density at radius 3 is 2.41 bits per heavy atom. The first kappa shape index (κ1) is 37.7. The van der Waals surface area contributed by atoms with Gasteiger partial charge in [0, 0.05) is 63.9 Å². The maximum atomic E-state index is 13.6. The second-order valence-electron chi connectivity index (χ2n) is 12.7. The molecule has 13 heteroatoms. The molecule has 264 valence electrons. The number of carbonyl (C=O) groups is 1. The lowest BCUT2D eigenvalue weighted by molar-refractivity contribution is -0.140. The van der Waals surface area contributed by atoms with E-state index in [2.05, 4.69) is 33.5 Å². The molecule has 4 rings (SSSR count). The monoisotopic (exact) mass is 681 g/mol. The minimum atomic E-state index is -4.41. The van der Waals surface area contributed by atoms with Gasteiger partial charge in [-0.1, -0.05) is 12.0 Å². The fraction of sp³-hybridized carbons (Fsp3) is 0.528. The second kappa shape index (κ2) is 17.5. The van der Waals surface area contributed by atoms with Crippen molar-refractivity contribution >= 4 is 22.5 Å². The number of aromatic nitrogens is 2. The summed E-state index contributed by atoms with van der Waals surface area (Å²) in [7, 11) is 3.29. The summed E-state index contributed by atoms with van der Waals surface area (Å²) in [6, 6.07) is 13.2. The van der Waals surface area contributed by atoms with Crippen LogP contribution in [0.25, 0.3) is 10.9 Å². The first-order chi connectivity index (χ1) is 23.4. The van der Waals surface area contributed by atoms with Crippen molar-refractivity contribution in [1.29, 1.82) is 5.26 Å². The molecule has 0 bridgehead atoms. The smallest absolute Gasteiger partial charge is 0.383 e. The lowest BCUT2D eigenvalue weighted by atomic mass is 9.91. The summed E-state index contributed by atoms with van der Waals surface area (Å²) in [6.07, 6.45) is -1.16. The lowest BCUT2D eigenvalue weighted by Crippen LogP contribution is -2.48. The van der Waals surface area contributed by atoms with E-state index in [9.17, 15) is 23.2 Å². The molecule has 0 unspecified atom stereocenters. The van der Waals surface area contributed by atoms with Crippen molar-refractivity contribution < 1.29 is 27.4 Å². The molecule has 2 N–H and O–H groups in total. The van der Waals surface area contributed by atoms with E-state index < -0.39 is 18.1 Å². The van der Waals surface area contributed by atoms with E-state index in [-0.39, 0.29) is 24.2 Å².